The summed E-state index contributed by atoms with van der Waals surface area (Å²) in [5, 5.41) is 1.80. The molecule has 0 spiro atoms. The van der Waals surface area contributed by atoms with Gasteiger partial charge in [-0.05, 0) is 37.7 Å². The molecule has 2 heterocycles. The lowest BCUT2D eigenvalue weighted by Crippen LogP contribution is -2.25. The lowest BCUT2D eigenvalue weighted by Gasteiger charge is -2.17. The maximum absolute atomic E-state index is 12.0. The molecule has 2 aromatic heterocycles. The first kappa shape index (κ1) is 15.6. The predicted octanol–water partition coefficient (Wildman–Crippen LogP) is 3.65. The molecule has 3 aromatic rings. The molecular weight excluding hydrogens is 294 g/mol. The van der Waals surface area contributed by atoms with Crippen molar-refractivity contribution in [2.75, 3.05) is 26.2 Å². The maximum atomic E-state index is 12.0. The highest BCUT2D eigenvalue weighted by atomic mass is 16.5. The Bertz CT molecular complexity index is 845. The van der Waals surface area contributed by atoms with Crippen LogP contribution in [0.1, 0.15) is 20.3 Å². The van der Waals surface area contributed by atoms with Crippen LogP contribution in [0.15, 0.2) is 44.2 Å². The fourth-order valence-corrected chi connectivity index (χ4v) is 2.67. The number of hydrogen-bond acceptors (Lipinski definition) is 5. The third-order valence-electron chi connectivity index (χ3n) is 4.05. The predicted molar refractivity (Wildman–Crippen MR) is 90.2 cm³/mol. The molecule has 0 atom stereocenters. The second-order valence-electron chi connectivity index (χ2n) is 5.48. The van der Waals surface area contributed by atoms with Crippen LogP contribution < -0.4 is 10.4 Å². The highest BCUT2D eigenvalue weighted by Crippen LogP contribution is 2.24. The van der Waals surface area contributed by atoms with Crippen LogP contribution in [-0.2, 0) is 0 Å². The average molecular weight is 315 g/mol. The first-order chi connectivity index (χ1) is 11.2. The van der Waals surface area contributed by atoms with Crippen LogP contribution in [0, 0.1) is 0 Å². The van der Waals surface area contributed by atoms with Gasteiger partial charge in [0.05, 0.1) is 12.9 Å². The van der Waals surface area contributed by atoms with Gasteiger partial charge >= 0.3 is 5.63 Å². The zero-order valence-corrected chi connectivity index (χ0v) is 13.5. The fourth-order valence-electron chi connectivity index (χ4n) is 2.67. The number of furan rings is 1. The molecule has 0 aliphatic rings. The van der Waals surface area contributed by atoms with Crippen molar-refractivity contribution in [3.63, 3.8) is 0 Å². The van der Waals surface area contributed by atoms with E-state index in [9.17, 15) is 4.79 Å². The first-order valence-electron chi connectivity index (χ1n) is 8.01. The largest absolute Gasteiger partial charge is 0.486 e. The minimum Gasteiger partial charge on any atom is -0.486 e. The Morgan fingerprint density at radius 1 is 1.09 bits per heavy atom. The van der Waals surface area contributed by atoms with Gasteiger partial charge in [0.15, 0.2) is 0 Å². The summed E-state index contributed by atoms with van der Waals surface area (Å²) in [6.45, 7) is 7.78. The summed E-state index contributed by atoms with van der Waals surface area (Å²) in [5.41, 5.74) is 0.757. The van der Waals surface area contributed by atoms with Crippen LogP contribution in [-0.4, -0.2) is 31.1 Å². The van der Waals surface area contributed by atoms with E-state index >= 15 is 0 Å². The fraction of sp³-hybridized carbons (Fsp3) is 0.389. The van der Waals surface area contributed by atoms with Gasteiger partial charge in [0, 0.05) is 23.4 Å². The van der Waals surface area contributed by atoms with Crippen molar-refractivity contribution in [1.29, 1.82) is 0 Å². The third-order valence-corrected chi connectivity index (χ3v) is 4.05. The van der Waals surface area contributed by atoms with E-state index in [0.29, 0.717) is 17.8 Å². The molecule has 0 fully saturated rings. The molecule has 0 saturated carbocycles. The molecule has 23 heavy (non-hydrogen) atoms. The van der Waals surface area contributed by atoms with E-state index in [1.54, 1.807) is 18.4 Å². The Morgan fingerprint density at radius 2 is 1.91 bits per heavy atom. The monoisotopic (exact) mass is 315 g/mol. The standard InChI is InChI=1S/C18H21NO4/c1-3-19(4-2)7-5-8-21-17-11-14-10-13-6-9-22-15(13)12-16(14)23-18(17)20/h6,9-12H,3-5,7-8H2,1-2H3. The van der Waals surface area contributed by atoms with Gasteiger partial charge in [0.1, 0.15) is 11.2 Å². The lowest BCUT2D eigenvalue weighted by molar-refractivity contribution is 0.244. The van der Waals surface area contributed by atoms with E-state index in [-0.39, 0.29) is 5.75 Å². The van der Waals surface area contributed by atoms with Crippen molar-refractivity contribution in [1.82, 2.24) is 4.90 Å². The molecule has 5 nitrogen and oxygen atoms in total. The van der Waals surface area contributed by atoms with E-state index < -0.39 is 5.63 Å². The van der Waals surface area contributed by atoms with Crippen LogP contribution in [0.4, 0.5) is 0 Å². The van der Waals surface area contributed by atoms with Gasteiger partial charge in [-0.15, -0.1) is 0 Å². The molecule has 0 radical (unpaired) electrons. The van der Waals surface area contributed by atoms with E-state index in [0.717, 1.165) is 36.8 Å². The SMILES string of the molecule is CCN(CC)CCCOc1cc2cc3ccoc3cc2oc1=O. The zero-order chi connectivity index (χ0) is 16.2. The van der Waals surface area contributed by atoms with E-state index in [4.69, 9.17) is 13.6 Å². The van der Waals surface area contributed by atoms with Gasteiger partial charge in [0.2, 0.25) is 5.75 Å². The van der Waals surface area contributed by atoms with E-state index in [1.807, 2.05) is 12.1 Å². The Kier molecular flexibility index (Phi) is 4.67. The van der Waals surface area contributed by atoms with E-state index in [2.05, 4.69) is 18.7 Å². The highest BCUT2D eigenvalue weighted by Gasteiger charge is 2.09. The van der Waals surface area contributed by atoms with Gasteiger partial charge in [0.25, 0.3) is 0 Å². The zero-order valence-electron chi connectivity index (χ0n) is 13.5. The number of fused-ring (bicyclic) bond motifs is 2. The summed E-state index contributed by atoms with van der Waals surface area (Å²) in [5.74, 6) is 0.264. The quantitative estimate of drug-likeness (QED) is 0.492. The van der Waals surface area contributed by atoms with Crippen molar-refractivity contribution < 1.29 is 13.6 Å². The molecule has 0 aliphatic carbocycles. The minimum atomic E-state index is -0.453. The summed E-state index contributed by atoms with van der Waals surface area (Å²) < 4.78 is 16.3. The average Bonchev–Trinajstić information content (AvgIpc) is 3.00. The van der Waals surface area contributed by atoms with E-state index in [1.165, 1.54) is 0 Å². The molecular formula is C18H21NO4. The van der Waals surface area contributed by atoms with Crippen LogP contribution in [0.5, 0.6) is 5.75 Å². The molecule has 0 saturated heterocycles. The van der Waals surface area contributed by atoms with Crippen molar-refractivity contribution in [2.24, 2.45) is 0 Å². The van der Waals surface area contributed by atoms with Gasteiger partial charge < -0.3 is 18.5 Å². The molecule has 5 heteroatoms. The molecule has 3 rings (SSSR count). The third kappa shape index (κ3) is 3.40. The summed E-state index contributed by atoms with van der Waals surface area (Å²) in [4.78, 5) is 14.3. The first-order valence-corrected chi connectivity index (χ1v) is 8.01. The lowest BCUT2D eigenvalue weighted by atomic mass is 10.2. The Labute approximate surface area is 134 Å². The van der Waals surface area contributed by atoms with Crippen molar-refractivity contribution >= 4 is 21.9 Å². The van der Waals surface area contributed by atoms with Gasteiger partial charge in [-0.3, -0.25) is 0 Å². The summed E-state index contributed by atoms with van der Waals surface area (Å²) in [7, 11) is 0. The van der Waals surface area contributed by atoms with Gasteiger partial charge in [-0.25, -0.2) is 4.79 Å². The van der Waals surface area contributed by atoms with Crippen molar-refractivity contribution in [2.45, 2.75) is 20.3 Å². The Hall–Kier alpha value is -2.27. The summed E-state index contributed by atoms with van der Waals surface area (Å²) in [6, 6.07) is 7.28. The molecule has 0 N–H and O–H groups in total. The van der Waals surface area contributed by atoms with Gasteiger partial charge in [-0.2, -0.15) is 0 Å². The second-order valence-corrected chi connectivity index (χ2v) is 5.48. The van der Waals surface area contributed by atoms with Crippen LogP contribution in [0.25, 0.3) is 21.9 Å². The number of ether oxygens (including phenoxy) is 1. The maximum Gasteiger partial charge on any atom is 0.379 e. The molecule has 0 unspecified atom stereocenters. The molecule has 1 aromatic carbocycles. The number of hydrogen-bond donors (Lipinski definition) is 0. The highest BCUT2D eigenvalue weighted by molar-refractivity contribution is 5.93. The molecule has 0 amide bonds. The number of rotatable bonds is 7. The Balaban J connectivity index is 1.74. The van der Waals surface area contributed by atoms with Crippen LogP contribution >= 0.6 is 0 Å². The number of benzene rings is 1. The number of nitrogens with zero attached hydrogens (tertiary/aromatic N) is 1. The molecule has 0 aliphatic heterocycles. The van der Waals surface area contributed by atoms with Crippen LogP contribution in [0.2, 0.25) is 0 Å². The normalized spacial score (nSPS) is 11.6. The summed E-state index contributed by atoms with van der Waals surface area (Å²) in [6.07, 6.45) is 2.49. The summed E-state index contributed by atoms with van der Waals surface area (Å²) >= 11 is 0. The topological polar surface area (TPSA) is 55.8 Å². The smallest absolute Gasteiger partial charge is 0.379 e. The Morgan fingerprint density at radius 3 is 2.70 bits per heavy atom. The van der Waals surface area contributed by atoms with Gasteiger partial charge in [-0.1, -0.05) is 13.8 Å². The minimum absolute atomic E-state index is 0.264. The van der Waals surface area contributed by atoms with Crippen molar-refractivity contribution in [3.8, 4) is 5.75 Å². The second kappa shape index (κ2) is 6.87. The van der Waals surface area contributed by atoms with Crippen molar-refractivity contribution in [3.05, 3.63) is 40.9 Å². The van der Waals surface area contributed by atoms with Crippen LogP contribution in [0.3, 0.4) is 0 Å². The molecule has 0 bridgehead atoms. The molecule has 122 valence electrons.